The van der Waals surface area contributed by atoms with Crippen LogP contribution in [0.2, 0.25) is 0 Å². The summed E-state index contributed by atoms with van der Waals surface area (Å²) in [5.74, 6) is 1.40. The molecule has 0 radical (unpaired) electrons. The Morgan fingerprint density at radius 2 is 2.00 bits per heavy atom. The normalized spacial score (nSPS) is 10.3. The predicted octanol–water partition coefficient (Wildman–Crippen LogP) is 2.61. The monoisotopic (exact) mass is 273 g/mol. The maximum absolute atomic E-state index is 11.9. The zero-order valence-electron chi connectivity index (χ0n) is 12.0. The molecule has 2 aromatic rings. The van der Waals surface area contributed by atoms with Crippen molar-refractivity contribution in [1.82, 2.24) is 10.2 Å². The van der Waals surface area contributed by atoms with Crippen molar-refractivity contribution in [3.05, 3.63) is 41.1 Å². The number of ether oxygens (including phenoxy) is 1. The van der Waals surface area contributed by atoms with Crippen molar-refractivity contribution in [2.24, 2.45) is 0 Å². The lowest BCUT2D eigenvalue weighted by molar-refractivity contribution is -0.116. The zero-order chi connectivity index (χ0) is 14.5. The first-order valence-electron chi connectivity index (χ1n) is 6.54. The Kier molecular flexibility index (Phi) is 4.40. The van der Waals surface area contributed by atoms with Crippen LogP contribution < -0.4 is 10.1 Å². The number of nitrogens with zero attached hydrogens (tertiary/aromatic N) is 1. The van der Waals surface area contributed by atoms with E-state index >= 15 is 0 Å². The van der Waals surface area contributed by atoms with Gasteiger partial charge in [0.2, 0.25) is 5.91 Å². The Morgan fingerprint density at radius 3 is 2.55 bits per heavy atom. The first-order chi connectivity index (χ1) is 9.60. The van der Waals surface area contributed by atoms with Gasteiger partial charge in [-0.25, -0.2) is 0 Å². The fourth-order valence-electron chi connectivity index (χ4n) is 1.85. The fourth-order valence-corrected chi connectivity index (χ4v) is 1.85. The standard InChI is InChI=1S/C15H19N3O2/c1-10-11(2)17-18-15(10)16-14(19)9-6-12-4-7-13(20-3)8-5-12/h4-5,7-8H,6,9H2,1-3H3,(H2,16,17,18,19). The molecule has 106 valence electrons. The van der Waals surface area contributed by atoms with Crippen LogP contribution in [0.25, 0.3) is 0 Å². The Balaban J connectivity index is 1.87. The van der Waals surface area contributed by atoms with Gasteiger partial charge < -0.3 is 10.1 Å². The number of hydrogen-bond acceptors (Lipinski definition) is 3. The Labute approximate surface area is 118 Å². The van der Waals surface area contributed by atoms with Gasteiger partial charge in [-0.3, -0.25) is 9.89 Å². The summed E-state index contributed by atoms with van der Waals surface area (Å²) in [6.07, 6.45) is 1.12. The van der Waals surface area contributed by atoms with Gasteiger partial charge in [0.1, 0.15) is 5.75 Å². The highest BCUT2D eigenvalue weighted by atomic mass is 16.5. The van der Waals surface area contributed by atoms with Crippen molar-refractivity contribution in [1.29, 1.82) is 0 Å². The van der Waals surface area contributed by atoms with E-state index in [9.17, 15) is 4.79 Å². The van der Waals surface area contributed by atoms with Crippen molar-refractivity contribution < 1.29 is 9.53 Å². The van der Waals surface area contributed by atoms with E-state index in [1.807, 2.05) is 38.1 Å². The third-order valence-corrected chi connectivity index (χ3v) is 3.31. The first kappa shape index (κ1) is 14.1. The summed E-state index contributed by atoms with van der Waals surface area (Å²) >= 11 is 0. The molecule has 0 saturated carbocycles. The highest BCUT2D eigenvalue weighted by Gasteiger charge is 2.09. The molecule has 0 fully saturated rings. The molecule has 20 heavy (non-hydrogen) atoms. The molecular weight excluding hydrogens is 254 g/mol. The van der Waals surface area contributed by atoms with Gasteiger partial charge in [0, 0.05) is 17.7 Å². The van der Waals surface area contributed by atoms with Crippen LogP contribution in [-0.4, -0.2) is 23.2 Å². The first-order valence-corrected chi connectivity index (χ1v) is 6.54. The third-order valence-electron chi connectivity index (χ3n) is 3.31. The maximum Gasteiger partial charge on any atom is 0.225 e. The number of carbonyl (C=O) groups is 1. The molecular formula is C15H19N3O2. The molecule has 1 heterocycles. The van der Waals surface area contributed by atoms with Crippen LogP contribution in [0.5, 0.6) is 5.75 Å². The topological polar surface area (TPSA) is 67.0 Å². The molecule has 0 spiro atoms. The van der Waals surface area contributed by atoms with E-state index in [0.717, 1.165) is 22.6 Å². The lowest BCUT2D eigenvalue weighted by Crippen LogP contribution is -2.13. The van der Waals surface area contributed by atoms with Gasteiger partial charge in [0.25, 0.3) is 0 Å². The molecule has 0 aliphatic heterocycles. The van der Waals surface area contributed by atoms with Crippen molar-refractivity contribution in [2.75, 3.05) is 12.4 Å². The van der Waals surface area contributed by atoms with Crippen molar-refractivity contribution in [3.63, 3.8) is 0 Å². The van der Waals surface area contributed by atoms with Crippen LogP contribution >= 0.6 is 0 Å². The number of amides is 1. The molecule has 0 aliphatic rings. The molecule has 0 bridgehead atoms. The van der Waals surface area contributed by atoms with Gasteiger partial charge in [-0.05, 0) is 38.0 Å². The van der Waals surface area contributed by atoms with Gasteiger partial charge in [-0.15, -0.1) is 0 Å². The number of aryl methyl sites for hydroxylation is 2. The molecule has 2 rings (SSSR count). The summed E-state index contributed by atoms with van der Waals surface area (Å²) < 4.78 is 5.10. The van der Waals surface area contributed by atoms with E-state index in [1.54, 1.807) is 7.11 Å². The minimum atomic E-state index is -0.0320. The van der Waals surface area contributed by atoms with Gasteiger partial charge in [-0.1, -0.05) is 12.1 Å². The van der Waals surface area contributed by atoms with Crippen LogP contribution in [0, 0.1) is 13.8 Å². The Hall–Kier alpha value is -2.30. The van der Waals surface area contributed by atoms with Crippen LogP contribution in [-0.2, 0) is 11.2 Å². The minimum absolute atomic E-state index is 0.0320. The van der Waals surface area contributed by atoms with E-state index < -0.39 is 0 Å². The number of benzene rings is 1. The summed E-state index contributed by atoms with van der Waals surface area (Å²) in [6, 6.07) is 7.73. The van der Waals surface area contributed by atoms with Gasteiger partial charge in [-0.2, -0.15) is 5.10 Å². The SMILES string of the molecule is COc1ccc(CCC(=O)Nc2n[nH]c(C)c2C)cc1. The summed E-state index contributed by atoms with van der Waals surface area (Å²) in [7, 11) is 1.64. The highest BCUT2D eigenvalue weighted by molar-refractivity contribution is 5.90. The number of nitrogens with one attached hydrogen (secondary N) is 2. The van der Waals surface area contributed by atoms with Crippen LogP contribution in [0.4, 0.5) is 5.82 Å². The Morgan fingerprint density at radius 1 is 1.30 bits per heavy atom. The smallest absolute Gasteiger partial charge is 0.225 e. The maximum atomic E-state index is 11.9. The number of H-pyrrole nitrogens is 1. The lowest BCUT2D eigenvalue weighted by Gasteiger charge is -2.05. The second-order valence-electron chi connectivity index (χ2n) is 4.72. The number of anilines is 1. The van der Waals surface area contributed by atoms with E-state index in [2.05, 4.69) is 15.5 Å². The molecule has 1 aromatic carbocycles. The summed E-state index contributed by atoms with van der Waals surface area (Å²) in [4.78, 5) is 11.9. The lowest BCUT2D eigenvalue weighted by atomic mass is 10.1. The summed E-state index contributed by atoms with van der Waals surface area (Å²) in [5, 5.41) is 9.73. The van der Waals surface area contributed by atoms with E-state index in [-0.39, 0.29) is 5.91 Å². The van der Waals surface area contributed by atoms with Gasteiger partial charge in [0.15, 0.2) is 5.82 Å². The number of carbonyl (C=O) groups excluding carboxylic acids is 1. The van der Waals surface area contributed by atoms with E-state index in [0.29, 0.717) is 18.7 Å². The molecule has 1 amide bonds. The average Bonchev–Trinajstić information content (AvgIpc) is 2.78. The molecule has 0 saturated heterocycles. The number of methoxy groups -OCH3 is 1. The third kappa shape index (κ3) is 3.38. The molecule has 5 heteroatoms. The number of hydrogen-bond donors (Lipinski definition) is 2. The van der Waals surface area contributed by atoms with Crippen LogP contribution in [0.15, 0.2) is 24.3 Å². The second kappa shape index (κ2) is 6.23. The fraction of sp³-hybridized carbons (Fsp3) is 0.333. The molecule has 0 aliphatic carbocycles. The van der Waals surface area contributed by atoms with Gasteiger partial charge >= 0.3 is 0 Å². The quantitative estimate of drug-likeness (QED) is 0.880. The molecule has 0 atom stereocenters. The van der Waals surface area contributed by atoms with Crippen LogP contribution in [0.3, 0.4) is 0 Å². The number of aromatic amines is 1. The largest absolute Gasteiger partial charge is 0.497 e. The average molecular weight is 273 g/mol. The zero-order valence-corrected chi connectivity index (χ0v) is 12.0. The van der Waals surface area contributed by atoms with E-state index in [1.165, 1.54) is 0 Å². The number of rotatable bonds is 5. The minimum Gasteiger partial charge on any atom is -0.497 e. The highest BCUT2D eigenvalue weighted by Crippen LogP contribution is 2.15. The van der Waals surface area contributed by atoms with Crippen molar-refractivity contribution >= 4 is 11.7 Å². The molecule has 1 aromatic heterocycles. The van der Waals surface area contributed by atoms with Gasteiger partial charge in [0.05, 0.1) is 7.11 Å². The molecule has 0 unspecified atom stereocenters. The summed E-state index contributed by atoms with van der Waals surface area (Å²) in [5.41, 5.74) is 3.05. The van der Waals surface area contributed by atoms with Crippen molar-refractivity contribution in [3.8, 4) is 5.75 Å². The predicted molar refractivity (Wildman–Crippen MR) is 78.0 cm³/mol. The van der Waals surface area contributed by atoms with E-state index in [4.69, 9.17) is 4.74 Å². The van der Waals surface area contributed by atoms with Crippen molar-refractivity contribution in [2.45, 2.75) is 26.7 Å². The Bertz CT molecular complexity index is 588. The second-order valence-corrected chi connectivity index (χ2v) is 4.72. The number of aromatic nitrogens is 2. The van der Waals surface area contributed by atoms with Crippen LogP contribution in [0.1, 0.15) is 23.2 Å². The molecule has 5 nitrogen and oxygen atoms in total. The summed E-state index contributed by atoms with van der Waals surface area (Å²) in [6.45, 7) is 3.85. The molecule has 2 N–H and O–H groups in total.